The molecule has 1 atom stereocenters. The minimum atomic E-state index is 0.147. The van der Waals surface area contributed by atoms with E-state index in [9.17, 15) is 4.79 Å². The Morgan fingerprint density at radius 3 is 2.55 bits per heavy atom. The SMILES string of the molecule is CC(CC(=O)NC1CCCCC1)c1ccc(C#N)cc1. The van der Waals surface area contributed by atoms with Crippen molar-refractivity contribution in [3.63, 3.8) is 0 Å². The lowest BCUT2D eigenvalue weighted by atomic mass is 9.94. The van der Waals surface area contributed by atoms with Crippen LogP contribution in [0.3, 0.4) is 0 Å². The van der Waals surface area contributed by atoms with Gasteiger partial charge in [-0.25, -0.2) is 0 Å². The molecule has 1 fully saturated rings. The second kappa shape index (κ2) is 7.09. The van der Waals surface area contributed by atoms with E-state index in [-0.39, 0.29) is 11.8 Å². The maximum absolute atomic E-state index is 12.1. The second-order valence-electron chi connectivity index (χ2n) is 5.74. The molecule has 0 bridgehead atoms. The van der Waals surface area contributed by atoms with Gasteiger partial charge in [-0.1, -0.05) is 38.3 Å². The van der Waals surface area contributed by atoms with Crippen LogP contribution in [0.2, 0.25) is 0 Å². The maximum Gasteiger partial charge on any atom is 0.220 e. The number of amides is 1. The van der Waals surface area contributed by atoms with Crippen molar-refractivity contribution in [1.82, 2.24) is 5.32 Å². The highest BCUT2D eigenvalue weighted by molar-refractivity contribution is 5.77. The fraction of sp³-hybridized carbons (Fsp3) is 0.529. The number of nitrogens with zero attached hydrogens (tertiary/aromatic N) is 1. The van der Waals surface area contributed by atoms with Gasteiger partial charge < -0.3 is 5.32 Å². The van der Waals surface area contributed by atoms with E-state index in [1.165, 1.54) is 19.3 Å². The fourth-order valence-corrected chi connectivity index (χ4v) is 2.82. The van der Waals surface area contributed by atoms with Crippen LogP contribution < -0.4 is 5.32 Å². The summed E-state index contributed by atoms with van der Waals surface area (Å²) >= 11 is 0. The Hall–Kier alpha value is -1.82. The molecule has 1 unspecified atom stereocenters. The van der Waals surface area contributed by atoms with E-state index in [1.807, 2.05) is 24.3 Å². The van der Waals surface area contributed by atoms with Gasteiger partial charge in [0.25, 0.3) is 0 Å². The molecule has 2 rings (SSSR count). The highest BCUT2D eigenvalue weighted by Gasteiger charge is 2.17. The molecular formula is C17H22N2O. The van der Waals surface area contributed by atoms with Gasteiger partial charge in [-0.05, 0) is 36.5 Å². The molecule has 1 aromatic rings. The van der Waals surface area contributed by atoms with E-state index in [1.54, 1.807) is 0 Å². The van der Waals surface area contributed by atoms with E-state index in [0.717, 1.165) is 18.4 Å². The molecule has 1 N–H and O–H groups in total. The average molecular weight is 270 g/mol. The highest BCUT2D eigenvalue weighted by atomic mass is 16.1. The molecule has 1 amide bonds. The third-order valence-electron chi connectivity index (χ3n) is 4.07. The first-order chi connectivity index (χ1) is 9.69. The molecular weight excluding hydrogens is 248 g/mol. The van der Waals surface area contributed by atoms with Crippen LogP contribution >= 0.6 is 0 Å². The Morgan fingerprint density at radius 1 is 1.30 bits per heavy atom. The van der Waals surface area contributed by atoms with Crippen molar-refractivity contribution < 1.29 is 4.79 Å². The summed E-state index contributed by atoms with van der Waals surface area (Å²) < 4.78 is 0. The summed E-state index contributed by atoms with van der Waals surface area (Å²) in [5.41, 5.74) is 1.77. The summed E-state index contributed by atoms with van der Waals surface area (Å²) in [5, 5.41) is 11.9. The molecule has 1 aliphatic carbocycles. The number of carbonyl (C=O) groups excluding carboxylic acids is 1. The van der Waals surface area contributed by atoms with Crippen molar-refractivity contribution >= 4 is 5.91 Å². The molecule has 3 nitrogen and oxygen atoms in total. The Bertz CT molecular complexity index is 481. The highest BCUT2D eigenvalue weighted by Crippen LogP contribution is 2.21. The van der Waals surface area contributed by atoms with E-state index in [0.29, 0.717) is 18.0 Å². The zero-order chi connectivity index (χ0) is 14.4. The van der Waals surface area contributed by atoms with Crippen molar-refractivity contribution in [2.75, 3.05) is 0 Å². The maximum atomic E-state index is 12.1. The molecule has 0 aromatic heterocycles. The number of carbonyl (C=O) groups is 1. The lowest BCUT2D eigenvalue weighted by Crippen LogP contribution is -2.36. The monoisotopic (exact) mass is 270 g/mol. The zero-order valence-electron chi connectivity index (χ0n) is 12.1. The Kier molecular flexibility index (Phi) is 5.17. The number of rotatable bonds is 4. The van der Waals surface area contributed by atoms with Gasteiger partial charge >= 0.3 is 0 Å². The third kappa shape index (κ3) is 4.09. The topological polar surface area (TPSA) is 52.9 Å². The van der Waals surface area contributed by atoms with E-state index in [2.05, 4.69) is 18.3 Å². The Morgan fingerprint density at radius 2 is 1.95 bits per heavy atom. The van der Waals surface area contributed by atoms with Crippen LogP contribution in [0.4, 0.5) is 0 Å². The minimum absolute atomic E-state index is 0.147. The third-order valence-corrected chi connectivity index (χ3v) is 4.07. The minimum Gasteiger partial charge on any atom is -0.353 e. The van der Waals surface area contributed by atoms with Gasteiger partial charge in [-0.2, -0.15) is 5.26 Å². The first-order valence-electron chi connectivity index (χ1n) is 7.48. The summed E-state index contributed by atoms with van der Waals surface area (Å²) in [7, 11) is 0. The normalized spacial score (nSPS) is 17.2. The predicted octanol–water partition coefficient (Wildman–Crippen LogP) is 3.50. The zero-order valence-corrected chi connectivity index (χ0v) is 12.1. The van der Waals surface area contributed by atoms with Gasteiger partial charge in [0.2, 0.25) is 5.91 Å². The van der Waals surface area contributed by atoms with Crippen LogP contribution in [0.1, 0.15) is 62.5 Å². The van der Waals surface area contributed by atoms with Crippen LogP contribution in [0.5, 0.6) is 0 Å². The fourth-order valence-electron chi connectivity index (χ4n) is 2.82. The molecule has 0 aliphatic heterocycles. The Balaban J connectivity index is 1.84. The molecule has 0 heterocycles. The summed E-state index contributed by atoms with van der Waals surface area (Å²) in [6.45, 7) is 2.06. The lowest BCUT2D eigenvalue weighted by Gasteiger charge is -2.23. The number of nitriles is 1. The van der Waals surface area contributed by atoms with Crippen LogP contribution in [0, 0.1) is 11.3 Å². The first kappa shape index (κ1) is 14.6. The van der Waals surface area contributed by atoms with Crippen LogP contribution in [0.25, 0.3) is 0 Å². The van der Waals surface area contributed by atoms with E-state index >= 15 is 0 Å². The molecule has 106 valence electrons. The van der Waals surface area contributed by atoms with Crippen LogP contribution in [-0.4, -0.2) is 11.9 Å². The smallest absolute Gasteiger partial charge is 0.220 e. The van der Waals surface area contributed by atoms with E-state index < -0.39 is 0 Å². The van der Waals surface area contributed by atoms with Crippen molar-refractivity contribution in [3.05, 3.63) is 35.4 Å². The summed E-state index contributed by atoms with van der Waals surface area (Å²) in [5.74, 6) is 0.333. The van der Waals surface area contributed by atoms with E-state index in [4.69, 9.17) is 5.26 Å². The molecule has 20 heavy (non-hydrogen) atoms. The number of benzene rings is 1. The lowest BCUT2D eigenvalue weighted by molar-refractivity contribution is -0.122. The quantitative estimate of drug-likeness (QED) is 0.910. The molecule has 1 saturated carbocycles. The number of nitrogens with one attached hydrogen (secondary N) is 1. The van der Waals surface area contributed by atoms with Crippen molar-refractivity contribution in [1.29, 1.82) is 5.26 Å². The number of hydrogen-bond acceptors (Lipinski definition) is 2. The molecule has 0 spiro atoms. The number of hydrogen-bond donors (Lipinski definition) is 1. The molecule has 3 heteroatoms. The van der Waals surface area contributed by atoms with Gasteiger partial charge in [-0.3, -0.25) is 4.79 Å². The standard InChI is InChI=1S/C17H22N2O/c1-13(15-9-7-14(12-18)8-10-15)11-17(20)19-16-5-3-2-4-6-16/h7-10,13,16H,2-6,11H2,1H3,(H,19,20). The van der Waals surface area contributed by atoms with Crippen LogP contribution in [0.15, 0.2) is 24.3 Å². The van der Waals surface area contributed by atoms with Crippen molar-refractivity contribution in [2.45, 2.75) is 57.4 Å². The van der Waals surface area contributed by atoms with Crippen LogP contribution in [-0.2, 0) is 4.79 Å². The van der Waals surface area contributed by atoms with Gasteiger partial charge in [0.15, 0.2) is 0 Å². The van der Waals surface area contributed by atoms with Crippen molar-refractivity contribution in [3.8, 4) is 6.07 Å². The summed E-state index contributed by atoms with van der Waals surface area (Å²) in [6, 6.07) is 9.99. The molecule has 1 aliphatic rings. The molecule has 0 radical (unpaired) electrons. The molecule has 0 saturated heterocycles. The van der Waals surface area contributed by atoms with Gasteiger partial charge in [0, 0.05) is 12.5 Å². The molecule has 1 aromatic carbocycles. The largest absolute Gasteiger partial charge is 0.353 e. The van der Waals surface area contributed by atoms with Crippen molar-refractivity contribution in [2.24, 2.45) is 0 Å². The second-order valence-corrected chi connectivity index (χ2v) is 5.74. The Labute approximate surface area is 121 Å². The first-order valence-corrected chi connectivity index (χ1v) is 7.48. The van der Waals surface area contributed by atoms with Gasteiger partial charge in [0.05, 0.1) is 11.6 Å². The average Bonchev–Trinajstić information content (AvgIpc) is 2.48. The predicted molar refractivity (Wildman–Crippen MR) is 79.2 cm³/mol. The summed E-state index contributed by atoms with van der Waals surface area (Å²) in [6.07, 6.45) is 6.52. The van der Waals surface area contributed by atoms with Gasteiger partial charge in [0.1, 0.15) is 0 Å². The van der Waals surface area contributed by atoms with Gasteiger partial charge in [-0.15, -0.1) is 0 Å². The summed E-state index contributed by atoms with van der Waals surface area (Å²) in [4.78, 5) is 12.1.